The summed E-state index contributed by atoms with van der Waals surface area (Å²) < 4.78 is 8.76. The predicted octanol–water partition coefficient (Wildman–Crippen LogP) is 0.879. The molecule has 1 rings (SSSR count). The highest BCUT2D eigenvalue weighted by molar-refractivity contribution is 6.02. The number of aliphatic hydroxyl groups excluding tert-OH is 1. The number of hydrogen-bond donors (Lipinski definition) is 2. The van der Waals surface area contributed by atoms with Gasteiger partial charge in [-0.15, -0.1) is 0 Å². The van der Waals surface area contributed by atoms with E-state index in [1.165, 1.54) is 19.2 Å². The third kappa shape index (κ3) is 6.88. The molecule has 0 spiro atoms. The van der Waals surface area contributed by atoms with E-state index in [0.29, 0.717) is 0 Å². The molecule has 0 bridgehead atoms. The van der Waals surface area contributed by atoms with E-state index in [1.807, 2.05) is 0 Å². The topological polar surface area (TPSA) is 110 Å². The maximum absolute atomic E-state index is 11.1. The van der Waals surface area contributed by atoms with Crippen LogP contribution in [0.1, 0.15) is 20.7 Å². The number of carbonyl (C=O) groups excluding carboxylic acids is 2. The Kier molecular flexibility index (Phi) is 8.87. The van der Waals surface area contributed by atoms with Crippen molar-refractivity contribution in [1.29, 1.82) is 0 Å². The summed E-state index contributed by atoms with van der Waals surface area (Å²) in [5.74, 6) is -2.28. The molecular formula is C14H16O7. The molecule has 0 heterocycles. The van der Waals surface area contributed by atoms with Gasteiger partial charge in [-0.05, 0) is 12.1 Å². The Morgan fingerprint density at radius 2 is 1.81 bits per heavy atom. The van der Waals surface area contributed by atoms with Gasteiger partial charge in [0.15, 0.2) is 0 Å². The van der Waals surface area contributed by atoms with Crippen molar-refractivity contribution in [3.63, 3.8) is 0 Å². The van der Waals surface area contributed by atoms with Crippen LogP contribution in [0.25, 0.3) is 0 Å². The monoisotopic (exact) mass is 296 g/mol. The number of carbonyl (C=O) groups is 3. The van der Waals surface area contributed by atoms with Crippen molar-refractivity contribution >= 4 is 17.9 Å². The van der Waals surface area contributed by atoms with Gasteiger partial charge in [-0.3, -0.25) is 0 Å². The number of rotatable bonds is 5. The third-order valence-corrected chi connectivity index (χ3v) is 2.07. The molecule has 0 aliphatic rings. The van der Waals surface area contributed by atoms with Gasteiger partial charge in [0.05, 0.1) is 24.8 Å². The van der Waals surface area contributed by atoms with Gasteiger partial charge < -0.3 is 19.7 Å². The summed E-state index contributed by atoms with van der Waals surface area (Å²) in [6, 6.07) is 5.90. The summed E-state index contributed by atoms with van der Waals surface area (Å²) in [4.78, 5) is 31.8. The van der Waals surface area contributed by atoms with Crippen LogP contribution in [0.2, 0.25) is 0 Å². The quantitative estimate of drug-likeness (QED) is 0.613. The van der Waals surface area contributed by atoms with Crippen molar-refractivity contribution in [2.75, 3.05) is 20.3 Å². The molecule has 1 aromatic rings. The summed E-state index contributed by atoms with van der Waals surface area (Å²) in [5, 5.41) is 16.8. The number of esters is 2. The maximum atomic E-state index is 11.1. The lowest BCUT2D eigenvalue weighted by Crippen LogP contribution is -2.09. The van der Waals surface area contributed by atoms with Crippen LogP contribution in [-0.4, -0.2) is 48.4 Å². The zero-order valence-electron chi connectivity index (χ0n) is 11.4. The average Bonchev–Trinajstić information content (AvgIpc) is 2.52. The van der Waals surface area contributed by atoms with Gasteiger partial charge >= 0.3 is 17.9 Å². The lowest BCUT2D eigenvalue weighted by Gasteiger charge is -2.02. The van der Waals surface area contributed by atoms with Gasteiger partial charge in [0.25, 0.3) is 0 Å². The molecule has 0 amide bonds. The van der Waals surface area contributed by atoms with Crippen molar-refractivity contribution in [2.24, 2.45) is 0 Å². The number of aromatic carboxylic acids is 1. The first kappa shape index (κ1) is 18.3. The van der Waals surface area contributed by atoms with E-state index in [0.717, 1.165) is 6.08 Å². The van der Waals surface area contributed by atoms with Crippen molar-refractivity contribution in [1.82, 2.24) is 0 Å². The van der Waals surface area contributed by atoms with Crippen LogP contribution in [0.15, 0.2) is 36.9 Å². The summed E-state index contributed by atoms with van der Waals surface area (Å²) in [7, 11) is 1.21. The number of ether oxygens (including phenoxy) is 2. The minimum Gasteiger partial charge on any atom is -0.478 e. The molecule has 0 unspecified atom stereocenters. The molecule has 1 aromatic carbocycles. The first-order valence-electron chi connectivity index (χ1n) is 5.78. The average molecular weight is 296 g/mol. The van der Waals surface area contributed by atoms with E-state index in [1.54, 1.807) is 12.1 Å². The second kappa shape index (κ2) is 10.2. The highest BCUT2D eigenvalue weighted by Crippen LogP contribution is 2.09. The Morgan fingerprint density at radius 1 is 1.24 bits per heavy atom. The Bertz CT molecular complexity index is 508. The lowest BCUT2D eigenvalue weighted by atomic mass is 10.1. The Hall–Kier alpha value is -2.67. The minimum absolute atomic E-state index is 0.0465. The van der Waals surface area contributed by atoms with E-state index in [9.17, 15) is 14.4 Å². The summed E-state index contributed by atoms with van der Waals surface area (Å²) in [6.07, 6.45) is 1.05. The van der Waals surface area contributed by atoms with Crippen LogP contribution >= 0.6 is 0 Å². The number of aliphatic hydroxyl groups is 1. The molecule has 0 atom stereocenters. The molecule has 0 fully saturated rings. The smallest absolute Gasteiger partial charge is 0.338 e. The molecule has 0 aliphatic heterocycles. The fourth-order valence-corrected chi connectivity index (χ4v) is 1.16. The van der Waals surface area contributed by atoms with E-state index >= 15 is 0 Å². The molecule has 21 heavy (non-hydrogen) atoms. The molecule has 7 nitrogen and oxygen atoms in total. The molecule has 0 aromatic heterocycles. The fraction of sp³-hybridized carbons (Fsp3) is 0.214. The second-order valence-corrected chi connectivity index (χ2v) is 3.44. The predicted molar refractivity (Wildman–Crippen MR) is 73.0 cm³/mol. The SMILES string of the molecule is C=CC(=O)OCCO.COC(=O)c1ccccc1C(=O)O. The lowest BCUT2D eigenvalue weighted by molar-refractivity contribution is -0.138. The Morgan fingerprint density at radius 3 is 2.24 bits per heavy atom. The molecule has 7 heteroatoms. The van der Waals surface area contributed by atoms with Crippen LogP contribution < -0.4 is 0 Å². The van der Waals surface area contributed by atoms with Gasteiger partial charge in [0.2, 0.25) is 0 Å². The largest absolute Gasteiger partial charge is 0.478 e. The molecule has 0 saturated heterocycles. The van der Waals surface area contributed by atoms with Crippen molar-refractivity contribution in [2.45, 2.75) is 0 Å². The number of hydrogen-bond acceptors (Lipinski definition) is 6. The molecule has 0 radical (unpaired) electrons. The van der Waals surface area contributed by atoms with Crippen LogP contribution in [0.3, 0.4) is 0 Å². The third-order valence-electron chi connectivity index (χ3n) is 2.07. The standard InChI is InChI=1S/C9H8O4.C5H8O3/c1-13-9(12)7-5-3-2-4-6(7)8(10)11;1-2-5(7)8-4-3-6/h2-5H,1H3,(H,10,11);2,6H,1,3-4H2. The molecular weight excluding hydrogens is 280 g/mol. The zero-order chi connectivity index (χ0) is 16.3. The van der Waals surface area contributed by atoms with Crippen molar-refractivity contribution in [3.05, 3.63) is 48.0 Å². The number of carboxylic acid groups (broad SMARTS) is 1. The molecule has 0 saturated carbocycles. The van der Waals surface area contributed by atoms with Crippen LogP contribution in [-0.2, 0) is 14.3 Å². The second-order valence-electron chi connectivity index (χ2n) is 3.44. The Labute approximate surface area is 121 Å². The van der Waals surface area contributed by atoms with Gasteiger partial charge in [-0.1, -0.05) is 18.7 Å². The molecule has 114 valence electrons. The van der Waals surface area contributed by atoms with Crippen LogP contribution in [0, 0.1) is 0 Å². The van der Waals surface area contributed by atoms with Gasteiger partial charge in [0, 0.05) is 6.08 Å². The van der Waals surface area contributed by atoms with Gasteiger partial charge in [-0.2, -0.15) is 0 Å². The fourth-order valence-electron chi connectivity index (χ4n) is 1.16. The summed E-state index contributed by atoms with van der Waals surface area (Å²) >= 11 is 0. The van der Waals surface area contributed by atoms with Crippen molar-refractivity contribution in [3.8, 4) is 0 Å². The molecule has 2 N–H and O–H groups in total. The first-order chi connectivity index (χ1) is 9.97. The van der Waals surface area contributed by atoms with Gasteiger partial charge in [-0.25, -0.2) is 14.4 Å². The summed E-state index contributed by atoms with van der Waals surface area (Å²) in [6.45, 7) is 3.06. The summed E-state index contributed by atoms with van der Waals surface area (Å²) in [5.41, 5.74) is 0.0202. The highest BCUT2D eigenvalue weighted by Gasteiger charge is 2.15. The normalized spacial score (nSPS) is 8.86. The zero-order valence-corrected chi connectivity index (χ0v) is 11.4. The first-order valence-corrected chi connectivity index (χ1v) is 5.78. The van der Waals surface area contributed by atoms with E-state index in [4.69, 9.17) is 10.2 Å². The van der Waals surface area contributed by atoms with Gasteiger partial charge in [0.1, 0.15) is 6.61 Å². The molecule has 0 aliphatic carbocycles. The maximum Gasteiger partial charge on any atom is 0.338 e. The van der Waals surface area contributed by atoms with Crippen LogP contribution in [0.4, 0.5) is 0 Å². The minimum atomic E-state index is -1.14. The number of methoxy groups -OCH3 is 1. The number of benzene rings is 1. The van der Waals surface area contributed by atoms with Crippen LogP contribution in [0.5, 0.6) is 0 Å². The van der Waals surface area contributed by atoms with E-state index in [2.05, 4.69) is 16.1 Å². The number of carboxylic acids is 1. The van der Waals surface area contributed by atoms with E-state index < -0.39 is 17.9 Å². The van der Waals surface area contributed by atoms with Crippen molar-refractivity contribution < 1.29 is 34.1 Å². The van der Waals surface area contributed by atoms with E-state index in [-0.39, 0.29) is 24.3 Å². The Balaban J connectivity index is 0.000000433. The highest BCUT2D eigenvalue weighted by atomic mass is 16.5.